The molecule has 34 heavy (non-hydrogen) atoms. The van der Waals surface area contributed by atoms with Crippen molar-refractivity contribution in [2.24, 2.45) is 11.8 Å². The van der Waals surface area contributed by atoms with Gasteiger partial charge in [0.1, 0.15) is 11.7 Å². The Labute approximate surface area is 206 Å². The minimum Gasteiger partial charge on any atom is -0.347 e. The van der Waals surface area contributed by atoms with Crippen LogP contribution in [0.4, 0.5) is 0 Å². The van der Waals surface area contributed by atoms with Gasteiger partial charge in [-0.3, -0.25) is 9.59 Å². The Bertz CT molecular complexity index is 1080. The highest BCUT2D eigenvalue weighted by Gasteiger charge is 2.37. The molecule has 2 saturated carbocycles. The molecule has 0 spiro atoms. The van der Waals surface area contributed by atoms with Gasteiger partial charge in [0.2, 0.25) is 5.91 Å². The van der Waals surface area contributed by atoms with E-state index < -0.39 is 6.04 Å². The molecule has 4 rings (SSSR count). The maximum atomic E-state index is 13.5. The van der Waals surface area contributed by atoms with E-state index in [-0.39, 0.29) is 29.7 Å². The van der Waals surface area contributed by atoms with Gasteiger partial charge < -0.3 is 20.1 Å². The van der Waals surface area contributed by atoms with Gasteiger partial charge in [0, 0.05) is 23.0 Å². The number of carbonyl (C=O) groups is 2. The highest BCUT2D eigenvalue weighted by Crippen LogP contribution is 2.33. The molecule has 2 fully saturated rings. The first-order chi connectivity index (χ1) is 16.4. The van der Waals surface area contributed by atoms with Gasteiger partial charge in [0.05, 0.1) is 17.5 Å². The van der Waals surface area contributed by atoms with Crippen molar-refractivity contribution in [2.75, 3.05) is 20.6 Å². The number of aryl methyl sites for hydroxylation is 1. The molecule has 0 bridgehead atoms. The Morgan fingerprint density at radius 2 is 1.97 bits per heavy atom. The molecule has 1 aromatic heterocycles. The van der Waals surface area contributed by atoms with Crippen molar-refractivity contribution in [3.8, 4) is 6.07 Å². The van der Waals surface area contributed by atoms with Crippen LogP contribution in [0.2, 0.25) is 5.02 Å². The number of rotatable bonds is 9. The number of amides is 2. The van der Waals surface area contributed by atoms with Crippen LogP contribution in [0.1, 0.15) is 55.4 Å². The van der Waals surface area contributed by atoms with Gasteiger partial charge in [-0.1, -0.05) is 30.5 Å². The molecule has 3 atom stereocenters. The van der Waals surface area contributed by atoms with Crippen molar-refractivity contribution in [3.63, 3.8) is 0 Å². The standard InChI is InChI=1S/C26H34ClN5O2/c1-31(2)12-5-13-32-23-15-19(27)11-10-18(23)14-24(32)26(34)29-21-7-4-3-6-20(21)25(33)30-22(16-28)17-8-9-17/h10-11,14-15,17,20-22H,3-9,12-13H2,1-2H3,(H,29,34)(H,30,33)/t20-,21+,22-/m1/s1. The van der Waals surface area contributed by atoms with Crippen LogP contribution in [0.25, 0.3) is 10.9 Å². The van der Waals surface area contributed by atoms with Gasteiger partial charge in [0.25, 0.3) is 5.91 Å². The van der Waals surface area contributed by atoms with E-state index in [1.807, 2.05) is 42.9 Å². The number of fused-ring (bicyclic) bond motifs is 1. The van der Waals surface area contributed by atoms with Crippen LogP contribution in [0.3, 0.4) is 0 Å². The van der Waals surface area contributed by atoms with E-state index in [0.29, 0.717) is 17.3 Å². The minimum atomic E-state index is -0.422. The smallest absolute Gasteiger partial charge is 0.268 e. The largest absolute Gasteiger partial charge is 0.347 e. The van der Waals surface area contributed by atoms with E-state index in [1.54, 1.807) is 0 Å². The normalized spacial score (nSPS) is 21.3. The van der Waals surface area contributed by atoms with Crippen molar-refractivity contribution in [3.05, 3.63) is 35.0 Å². The van der Waals surface area contributed by atoms with Crippen LogP contribution in [0.5, 0.6) is 0 Å². The zero-order valence-electron chi connectivity index (χ0n) is 20.0. The lowest BCUT2D eigenvalue weighted by Gasteiger charge is -2.32. The summed E-state index contributed by atoms with van der Waals surface area (Å²) in [5.41, 5.74) is 1.53. The van der Waals surface area contributed by atoms with Crippen molar-refractivity contribution in [2.45, 2.75) is 63.6 Å². The summed E-state index contributed by atoms with van der Waals surface area (Å²) in [6, 6.07) is 9.16. The number of nitriles is 1. The van der Waals surface area contributed by atoms with E-state index in [4.69, 9.17) is 11.6 Å². The molecule has 0 aliphatic heterocycles. The molecular formula is C26H34ClN5O2. The molecule has 0 radical (unpaired) electrons. The Balaban J connectivity index is 1.52. The summed E-state index contributed by atoms with van der Waals surface area (Å²) in [4.78, 5) is 28.7. The first-order valence-corrected chi connectivity index (χ1v) is 12.7. The Kier molecular flexibility index (Phi) is 7.80. The number of hydrogen-bond acceptors (Lipinski definition) is 4. The predicted molar refractivity (Wildman–Crippen MR) is 134 cm³/mol. The fraction of sp³-hybridized carbons (Fsp3) is 0.577. The third-order valence-corrected chi connectivity index (χ3v) is 7.27. The molecule has 7 nitrogen and oxygen atoms in total. The van der Waals surface area contributed by atoms with Gasteiger partial charge in [-0.2, -0.15) is 5.26 Å². The monoisotopic (exact) mass is 483 g/mol. The van der Waals surface area contributed by atoms with Crippen molar-refractivity contribution in [1.29, 1.82) is 5.26 Å². The van der Waals surface area contributed by atoms with Crippen LogP contribution in [-0.4, -0.2) is 54.0 Å². The number of hydrogen-bond donors (Lipinski definition) is 2. The van der Waals surface area contributed by atoms with E-state index in [0.717, 1.165) is 62.4 Å². The predicted octanol–water partition coefficient (Wildman–Crippen LogP) is 3.95. The van der Waals surface area contributed by atoms with Gasteiger partial charge in [0.15, 0.2) is 0 Å². The van der Waals surface area contributed by atoms with E-state index in [2.05, 4.69) is 21.6 Å². The van der Waals surface area contributed by atoms with Crippen molar-refractivity contribution in [1.82, 2.24) is 20.1 Å². The summed E-state index contributed by atoms with van der Waals surface area (Å²) in [6.07, 6.45) is 6.29. The second-order valence-corrected chi connectivity index (χ2v) is 10.4. The molecule has 2 amide bonds. The lowest BCUT2D eigenvalue weighted by atomic mass is 9.83. The zero-order valence-corrected chi connectivity index (χ0v) is 20.8. The van der Waals surface area contributed by atoms with Crippen molar-refractivity contribution >= 4 is 34.3 Å². The third-order valence-electron chi connectivity index (χ3n) is 7.04. The number of carbonyl (C=O) groups excluding carboxylic acids is 2. The molecule has 2 aliphatic carbocycles. The fourth-order valence-electron chi connectivity index (χ4n) is 5.01. The highest BCUT2D eigenvalue weighted by molar-refractivity contribution is 6.31. The lowest BCUT2D eigenvalue weighted by Crippen LogP contribution is -2.50. The summed E-state index contributed by atoms with van der Waals surface area (Å²) >= 11 is 6.26. The summed E-state index contributed by atoms with van der Waals surface area (Å²) in [6.45, 7) is 1.61. The second-order valence-electron chi connectivity index (χ2n) is 9.96. The summed E-state index contributed by atoms with van der Waals surface area (Å²) in [5.74, 6) is -0.314. The van der Waals surface area contributed by atoms with Crippen LogP contribution >= 0.6 is 11.6 Å². The fourth-order valence-corrected chi connectivity index (χ4v) is 5.17. The molecular weight excluding hydrogens is 450 g/mol. The third kappa shape index (κ3) is 5.73. The van der Waals surface area contributed by atoms with Gasteiger partial charge in [-0.05, 0) is 76.9 Å². The molecule has 2 aromatic rings. The van der Waals surface area contributed by atoms with E-state index in [9.17, 15) is 14.9 Å². The maximum Gasteiger partial charge on any atom is 0.268 e. The topological polar surface area (TPSA) is 90.2 Å². The molecule has 8 heteroatoms. The quantitative estimate of drug-likeness (QED) is 0.565. The second kappa shape index (κ2) is 10.8. The van der Waals surface area contributed by atoms with E-state index >= 15 is 0 Å². The zero-order chi connectivity index (χ0) is 24.2. The minimum absolute atomic E-state index is 0.109. The summed E-state index contributed by atoms with van der Waals surface area (Å²) in [7, 11) is 4.07. The number of aromatic nitrogens is 1. The van der Waals surface area contributed by atoms with Crippen LogP contribution in [0.15, 0.2) is 24.3 Å². The van der Waals surface area contributed by atoms with Gasteiger partial charge in [-0.25, -0.2) is 0 Å². The lowest BCUT2D eigenvalue weighted by molar-refractivity contribution is -0.127. The highest BCUT2D eigenvalue weighted by atomic mass is 35.5. The molecule has 2 N–H and O–H groups in total. The van der Waals surface area contributed by atoms with Crippen LogP contribution < -0.4 is 10.6 Å². The van der Waals surface area contributed by atoms with E-state index in [1.165, 1.54) is 0 Å². The number of halogens is 1. The average Bonchev–Trinajstić information content (AvgIpc) is 3.59. The first kappa shape index (κ1) is 24.6. The van der Waals surface area contributed by atoms with Gasteiger partial charge >= 0.3 is 0 Å². The summed E-state index contributed by atoms with van der Waals surface area (Å²) in [5, 5.41) is 17.1. The molecule has 2 aliphatic rings. The van der Waals surface area contributed by atoms with Crippen LogP contribution in [-0.2, 0) is 11.3 Å². The number of benzene rings is 1. The average molecular weight is 484 g/mol. The molecule has 1 aromatic carbocycles. The number of nitrogens with zero attached hydrogens (tertiary/aromatic N) is 3. The van der Waals surface area contributed by atoms with Crippen molar-refractivity contribution < 1.29 is 9.59 Å². The SMILES string of the molecule is CN(C)CCCn1c(C(=O)N[C@H]2CCCC[C@H]2C(=O)N[C@H](C#N)C2CC2)cc2ccc(Cl)cc21. The molecule has 0 saturated heterocycles. The Morgan fingerprint density at radius 1 is 1.21 bits per heavy atom. The summed E-state index contributed by atoms with van der Waals surface area (Å²) < 4.78 is 2.04. The number of nitrogens with one attached hydrogen (secondary N) is 2. The molecule has 182 valence electrons. The molecule has 0 unspecified atom stereocenters. The Morgan fingerprint density at radius 3 is 2.68 bits per heavy atom. The van der Waals surface area contributed by atoms with Crippen LogP contribution in [0, 0.1) is 23.2 Å². The maximum absolute atomic E-state index is 13.5. The first-order valence-electron chi connectivity index (χ1n) is 12.3. The van der Waals surface area contributed by atoms with Gasteiger partial charge in [-0.15, -0.1) is 0 Å². The molecule has 1 heterocycles. The Hall–Kier alpha value is -2.56.